The Bertz CT molecular complexity index is 309. The van der Waals surface area contributed by atoms with Gasteiger partial charge in [0.05, 0.1) is 11.9 Å². The van der Waals surface area contributed by atoms with E-state index in [2.05, 4.69) is 22.4 Å². The highest BCUT2D eigenvalue weighted by atomic mass is 16.4. The summed E-state index contributed by atoms with van der Waals surface area (Å²) in [5.74, 6) is -0.983. The zero-order valence-corrected chi connectivity index (χ0v) is 8.92. The minimum absolute atomic E-state index is 0.130. The molecule has 0 saturated carbocycles. The molecule has 1 rings (SSSR count). The van der Waals surface area contributed by atoms with Crippen molar-refractivity contribution in [2.75, 3.05) is 11.9 Å². The lowest BCUT2D eigenvalue weighted by molar-refractivity contribution is 0.0691. The topological polar surface area (TPSA) is 78.0 Å². The predicted octanol–water partition coefficient (Wildman–Crippen LogP) is 2.10. The van der Waals surface area contributed by atoms with Crippen molar-refractivity contribution < 1.29 is 9.90 Å². The van der Waals surface area contributed by atoms with Crippen molar-refractivity contribution in [3.05, 3.63) is 11.9 Å². The average molecular weight is 211 g/mol. The predicted molar refractivity (Wildman–Crippen MR) is 58.2 cm³/mol. The van der Waals surface area contributed by atoms with Crippen molar-refractivity contribution in [1.29, 1.82) is 0 Å². The second-order valence-electron chi connectivity index (χ2n) is 3.45. The van der Waals surface area contributed by atoms with Gasteiger partial charge in [0.25, 0.3) is 0 Å². The van der Waals surface area contributed by atoms with Crippen molar-refractivity contribution in [2.45, 2.75) is 32.6 Å². The number of carbonyl (C=O) groups is 1. The number of H-pyrrole nitrogens is 1. The van der Waals surface area contributed by atoms with Crippen molar-refractivity contribution >= 4 is 11.7 Å². The van der Waals surface area contributed by atoms with E-state index >= 15 is 0 Å². The Morgan fingerprint density at radius 3 is 3.00 bits per heavy atom. The van der Waals surface area contributed by atoms with Gasteiger partial charge in [-0.1, -0.05) is 26.2 Å². The lowest BCUT2D eigenvalue weighted by Crippen LogP contribution is -2.06. The highest BCUT2D eigenvalue weighted by Gasteiger charge is 2.10. The van der Waals surface area contributed by atoms with Gasteiger partial charge >= 0.3 is 5.97 Å². The number of nitrogens with zero attached hydrogens (tertiary/aromatic N) is 1. The van der Waals surface area contributed by atoms with Gasteiger partial charge in [-0.15, -0.1) is 0 Å². The molecule has 15 heavy (non-hydrogen) atoms. The van der Waals surface area contributed by atoms with Crippen molar-refractivity contribution in [2.24, 2.45) is 0 Å². The van der Waals surface area contributed by atoms with E-state index in [1.54, 1.807) is 0 Å². The number of unbranched alkanes of at least 4 members (excludes halogenated alkanes) is 3. The molecular weight excluding hydrogens is 194 g/mol. The summed E-state index contributed by atoms with van der Waals surface area (Å²) in [5, 5.41) is 18.0. The second-order valence-corrected chi connectivity index (χ2v) is 3.45. The quantitative estimate of drug-likeness (QED) is 0.603. The van der Waals surface area contributed by atoms with Gasteiger partial charge in [0.2, 0.25) is 0 Å². The van der Waals surface area contributed by atoms with Crippen LogP contribution in [0.3, 0.4) is 0 Å². The Labute approximate surface area is 88.9 Å². The molecule has 0 radical (unpaired) electrons. The van der Waals surface area contributed by atoms with Crippen LogP contribution in [0.4, 0.5) is 5.69 Å². The summed E-state index contributed by atoms with van der Waals surface area (Å²) in [4.78, 5) is 10.7. The zero-order chi connectivity index (χ0) is 11.1. The smallest absolute Gasteiger partial charge is 0.356 e. The van der Waals surface area contributed by atoms with Crippen LogP contribution in [0, 0.1) is 0 Å². The van der Waals surface area contributed by atoms with Crippen LogP contribution in [0.5, 0.6) is 0 Å². The third-order valence-electron chi connectivity index (χ3n) is 2.20. The summed E-state index contributed by atoms with van der Waals surface area (Å²) in [6.07, 6.45) is 6.15. The summed E-state index contributed by atoms with van der Waals surface area (Å²) in [7, 11) is 0. The molecule has 84 valence electrons. The molecular formula is C10H17N3O2. The fourth-order valence-electron chi connectivity index (χ4n) is 1.36. The van der Waals surface area contributed by atoms with Crippen molar-refractivity contribution in [1.82, 2.24) is 10.2 Å². The van der Waals surface area contributed by atoms with Crippen LogP contribution in [0.15, 0.2) is 6.20 Å². The number of rotatable bonds is 7. The lowest BCUT2D eigenvalue weighted by atomic mass is 10.2. The monoisotopic (exact) mass is 211 g/mol. The minimum Gasteiger partial charge on any atom is -0.476 e. The van der Waals surface area contributed by atoms with Gasteiger partial charge in [0, 0.05) is 6.54 Å². The molecule has 0 aromatic carbocycles. The van der Waals surface area contributed by atoms with Crippen LogP contribution < -0.4 is 5.32 Å². The molecule has 0 spiro atoms. The average Bonchev–Trinajstić information content (AvgIpc) is 2.66. The second kappa shape index (κ2) is 6.06. The van der Waals surface area contributed by atoms with E-state index in [1.165, 1.54) is 25.5 Å². The van der Waals surface area contributed by atoms with Gasteiger partial charge in [0.15, 0.2) is 5.69 Å². The number of anilines is 1. The Morgan fingerprint density at radius 2 is 2.33 bits per heavy atom. The van der Waals surface area contributed by atoms with Crippen LogP contribution >= 0.6 is 0 Å². The summed E-state index contributed by atoms with van der Waals surface area (Å²) >= 11 is 0. The molecule has 0 fully saturated rings. The third-order valence-corrected chi connectivity index (χ3v) is 2.20. The Kier molecular flexibility index (Phi) is 4.66. The van der Waals surface area contributed by atoms with Gasteiger partial charge in [-0.25, -0.2) is 4.79 Å². The van der Waals surface area contributed by atoms with E-state index in [1.807, 2.05) is 0 Å². The van der Waals surface area contributed by atoms with E-state index < -0.39 is 5.97 Å². The molecule has 5 heteroatoms. The van der Waals surface area contributed by atoms with E-state index in [9.17, 15) is 4.79 Å². The number of aromatic amines is 1. The van der Waals surface area contributed by atoms with Crippen molar-refractivity contribution in [3.63, 3.8) is 0 Å². The van der Waals surface area contributed by atoms with E-state index in [-0.39, 0.29) is 5.69 Å². The lowest BCUT2D eigenvalue weighted by Gasteiger charge is -2.03. The van der Waals surface area contributed by atoms with Crippen LogP contribution in [-0.2, 0) is 0 Å². The molecule has 3 N–H and O–H groups in total. The first kappa shape index (κ1) is 11.6. The first-order valence-corrected chi connectivity index (χ1v) is 5.26. The van der Waals surface area contributed by atoms with Gasteiger partial charge in [-0.2, -0.15) is 5.10 Å². The normalized spacial score (nSPS) is 10.2. The first-order chi connectivity index (χ1) is 7.25. The number of carboxylic acids is 1. The highest BCUT2D eigenvalue weighted by Crippen LogP contribution is 2.11. The molecule has 5 nitrogen and oxygen atoms in total. The molecule has 0 aliphatic rings. The molecule has 0 aliphatic carbocycles. The van der Waals surface area contributed by atoms with Gasteiger partial charge in [-0.05, 0) is 6.42 Å². The van der Waals surface area contributed by atoms with Crippen molar-refractivity contribution in [3.8, 4) is 0 Å². The van der Waals surface area contributed by atoms with Crippen LogP contribution in [-0.4, -0.2) is 27.8 Å². The largest absolute Gasteiger partial charge is 0.476 e. The SMILES string of the molecule is CCCCCCNc1cn[nH]c1C(=O)O. The maximum Gasteiger partial charge on any atom is 0.356 e. The number of aromatic carboxylic acids is 1. The summed E-state index contributed by atoms with van der Waals surface area (Å²) < 4.78 is 0. The summed E-state index contributed by atoms with van der Waals surface area (Å²) in [6, 6.07) is 0. The molecule has 0 amide bonds. The number of aromatic nitrogens is 2. The summed E-state index contributed by atoms with van der Waals surface area (Å²) in [5.41, 5.74) is 0.699. The summed E-state index contributed by atoms with van der Waals surface area (Å²) in [6.45, 7) is 2.95. The fraction of sp³-hybridized carbons (Fsp3) is 0.600. The Balaban J connectivity index is 2.31. The number of carboxylic acid groups (broad SMARTS) is 1. The zero-order valence-electron chi connectivity index (χ0n) is 8.92. The Morgan fingerprint density at radius 1 is 1.53 bits per heavy atom. The molecule has 1 heterocycles. The molecule has 0 bridgehead atoms. The van der Waals surface area contributed by atoms with Gasteiger partial charge < -0.3 is 10.4 Å². The molecule has 1 aromatic rings. The molecule has 1 aromatic heterocycles. The maximum absolute atomic E-state index is 10.7. The standard InChI is InChI=1S/C10H17N3O2/c1-2-3-4-5-6-11-8-7-12-13-9(8)10(14)15/h7,11H,2-6H2,1H3,(H,12,13)(H,14,15). The molecule has 0 aliphatic heterocycles. The highest BCUT2D eigenvalue weighted by molar-refractivity contribution is 5.91. The first-order valence-electron chi connectivity index (χ1n) is 5.26. The molecule has 0 unspecified atom stereocenters. The molecule has 0 atom stereocenters. The van der Waals surface area contributed by atoms with Gasteiger partial charge in [-0.3, -0.25) is 5.10 Å². The van der Waals surface area contributed by atoms with E-state index in [4.69, 9.17) is 5.11 Å². The Hall–Kier alpha value is -1.52. The number of hydrogen-bond acceptors (Lipinski definition) is 3. The number of nitrogens with one attached hydrogen (secondary N) is 2. The minimum atomic E-state index is -0.983. The third kappa shape index (κ3) is 3.61. The van der Waals surface area contributed by atoms with Crippen LogP contribution in [0.2, 0.25) is 0 Å². The van der Waals surface area contributed by atoms with Gasteiger partial charge in [0.1, 0.15) is 0 Å². The van der Waals surface area contributed by atoms with E-state index in [0.717, 1.165) is 13.0 Å². The van der Waals surface area contributed by atoms with Crippen LogP contribution in [0.1, 0.15) is 43.1 Å². The van der Waals surface area contributed by atoms with Crippen LogP contribution in [0.25, 0.3) is 0 Å². The van der Waals surface area contributed by atoms with E-state index in [0.29, 0.717) is 5.69 Å². The fourth-order valence-corrected chi connectivity index (χ4v) is 1.36. The number of hydrogen-bond donors (Lipinski definition) is 3. The maximum atomic E-state index is 10.7. The molecule has 0 saturated heterocycles.